The summed E-state index contributed by atoms with van der Waals surface area (Å²) >= 11 is 0. The third-order valence-electron chi connectivity index (χ3n) is 4.44. The molecule has 0 spiro atoms. The van der Waals surface area contributed by atoms with Crippen molar-refractivity contribution in [1.29, 1.82) is 0 Å². The van der Waals surface area contributed by atoms with Crippen LogP contribution in [0.4, 0.5) is 5.69 Å². The topological polar surface area (TPSA) is 21.7 Å². The van der Waals surface area contributed by atoms with Crippen LogP contribution in [0.5, 0.6) is 5.75 Å². The molecule has 0 radical (unpaired) electrons. The van der Waals surface area contributed by atoms with Crippen LogP contribution in [0.3, 0.4) is 0 Å². The number of hydroxylamine groups is 1. The first-order valence-corrected chi connectivity index (χ1v) is 13.1. The van der Waals surface area contributed by atoms with Gasteiger partial charge in [0.15, 0.2) is 0 Å². The van der Waals surface area contributed by atoms with E-state index in [1.165, 1.54) is 11.1 Å². The Kier molecular flexibility index (Phi) is 6.55. The predicted molar refractivity (Wildman–Crippen MR) is 119 cm³/mol. The zero-order valence-corrected chi connectivity index (χ0v) is 18.1. The van der Waals surface area contributed by atoms with Gasteiger partial charge in [-0.3, -0.25) is 5.06 Å². The molecule has 3 nitrogen and oxygen atoms in total. The quantitative estimate of drug-likeness (QED) is 0.334. The number of rotatable bonds is 8. The molecule has 1 unspecified atom stereocenters. The Balaban J connectivity index is 2.04. The van der Waals surface area contributed by atoms with E-state index in [9.17, 15) is 0 Å². The number of anilines is 1. The minimum Gasteiger partial charge on any atom is -0.497 e. The van der Waals surface area contributed by atoms with Crippen LogP contribution in [0.2, 0.25) is 19.6 Å². The summed E-state index contributed by atoms with van der Waals surface area (Å²) in [6.07, 6.45) is 0.854. The van der Waals surface area contributed by atoms with Crippen molar-refractivity contribution in [3.05, 3.63) is 96.1 Å². The first-order chi connectivity index (χ1) is 13.5. The highest BCUT2D eigenvalue weighted by Crippen LogP contribution is 2.33. The molecular weight excluding hydrogens is 362 g/mol. The number of nitrogens with zero attached hydrogens (tertiary/aromatic N) is 1. The second kappa shape index (κ2) is 9.09. The number of benzene rings is 3. The molecule has 0 aliphatic heterocycles. The van der Waals surface area contributed by atoms with Crippen LogP contribution in [-0.4, -0.2) is 15.4 Å². The lowest BCUT2D eigenvalue weighted by Crippen LogP contribution is -2.40. The summed E-state index contributed by atoms with van der Waals surface area (Å²) in [7, 11) is -0.137. The van der Waals surface area contributed by atoms with E-state index in [0.717, 1.165) is 17.9 Å². The molecule has 0 aromatic heterocycles. The Bertz CT molecular complexity index is 845. The summed E-state index contributed by atoms with van der Waals surface area (Å²) < 4.78 is 12.0. The summed E-state index contributed by atoms with van der Waals surface area (Å²) in [5.41, 5.74) is 3.55. The molecular formula is C24H29NO2Si. The number of methoxy groups -OCH3 is 1. The third kappa shape index (κ3) is 5.47. The van der Waals surface area contributed by atoms with Gasteiger partial charge >= 0.3 is 0 Å². The Morgan fingerprint density at radius 1 is 0.786 bits per heavy atom. The van der Waals surface area contributed by atoms with Crippen LogP contribution in [0, 0.1) is 0 Å². The highest BCUT2D eigenvalue weighted by Gasteiger charge is 2.28. The van der Waals surface area contributed by atoms with Crippen molar-refractivity contribution in [2.24, 2.45) is 0 Å². The zero-order valence-electron chi connectivity index (χ0n) is 17.1. The molecule has 146 valence electrons. The van der Waals surface area contributed by atoms with Gasteiger partial charge in [-0.2, -0.15) is 0 Å². The highest BCUT2D eigenvalue weighted by molar-refractivity contribution is 6.69. The molecule has 0 bridgehead atoms. The highest BCUT2D eigenvalue weighted by atomic mass is 28.4. The molecule has 0 heterocycles. The van der Waals surface area contributed by atoms with Crippen LogP contribution in [0.15, 0.2) is 84.9 Å². The Morgan fingerprint density at radius 3 is 1.89 bits per heavy atom. The van der Waals surface area contributed by atoms with Gasteiger partial charge in [0.1, 0.15) is 5.75 Å². The van der Waals surface area contributed by atoms with Gasteiger partial charge in [-0.25, -0.2) is 0 Å². The lowest BCUT2D eigenvalue weighted by molar-refractivity contribution is 0.232. The van der Waals surface area contributed by atoms with Gasteiger partial charge in [-0.15, -0.1) is 0 Å². The molecule has 0 N–H and O–H groups in total. The average molecular weight is 392 g/mol. The van der Waals surface area contributed by atoms with Crippen molar-refractivity contribution in [3.63, 3.8) is 0 Å². The van der Waals surface area contributed by atoms with Crippen LogP contribution < -0.4 is 9.80 Å². The maximum atomic E-state index is 6.61. The van der Waals surface area contributed by atoms with Crippen LogP contribution in [0.1, 0.15) is 17.2 Å². The number of ether oxygens (including phenoxy) is 1. The first-order valence-electron chi connectivity index (χ1n) is 9.67. The van der Waals surface area contributed by atoms with Gasteiger partial charge in [0.25, 0.3) is 0 Å². The lowest BCUT2D eigenvalue weighted by Gasteiger charge is -2.37. The lowest BCUT2D eigenvalue weighted by atomic mass is 9.98. The SMILES string of the molecule is COc1ccc(C(Cc2ccccc2)N(O[Si](C)(C)C)c2ccccc2)cc1. The van der Waals surface area contributed by atoms with Crippen molar-refractivity contribution in [2.75, 3.05) is 12.2 Å². The molecule has 0 saturated carbocycles. The van der Waals surface area contributed by atoms with Gasteiger partial charge in [-0.1, -0.05) is 60.7 Å². The van der Waals surface area contributed by atoms with Gasteiger partial charge < -0.3 is 9.26 Å². The number of hydrogen-bond acceptors (Lipinski definition) is 3. The molecule has 0 amide bonds. The van der Waals surface area contributed by atoms with Crippen LogP contribution in [-0.2, 0) is 10.9 Å². The molecule has 0 saturated heterocycles. The van der Waals surface area contributed by atoms with Gasteiger partial charge in [0.05, 0.1) is 18.8 Å². The fraction of sp³-hybridized carbons (Fsp3) is 0.250. The normalized spacial score (nSPS) is 12.4. The smallest absolute Gasteiger partial charge is 0.220 e. The molecule has 0 aliphatic carbocycles. The van der Waals surface area contributed by atoms with Crippen LogP contribution >= 0.6 is 0 Å². The Morgan fingerprint density at radius 2 is 1.36 bits per heavy atom. The van der Waals surface area contributed by atoms with Crippen molar-refractivity contribution in [2.45, 2.75) is 32.1 Å². The fourth-order valence-electron chi connectivity index (χ4n) is 3.17. The van der Waals surface area contributed by atoms with E-state index in [2.05, 4.69) is 91.4 Å². The molecule has 0 fully saturated rings. The average Bonchev–Trinajstić information content (AvgIpc) is 2.71. The van der Waals surface area contributed by atoms with E-state index in [1.54, 1.807) is 7.11 Å². The van der Waals surface area contributed by atoms with Gasteiger partial charge in [0.2, 0.25) is 8.32 Å². The minimum absolute atomic E-state index is 0.0578. The monoisotopic (exact) mass is 391 g/mol. The van der Waals surface area contributed by atoms with E-state index in [0.29, 0.717) is 0 Å². The molecule has 3 aromatic carbocycles. The molecule has 0 aliphatic rings. The van der Waals surface area contributed by atoms with E-state index in [-0.39, 0.29) is 6.04 Å². The van der Waals surface area contributed by atoms with E-state index in [1.807, 2.05) is 18.2 Å². The summed E-state index contributed by atoms with van der Waals surface area (Å²) in [5.74, 6) is 0.861. The van der Waals surface area contributed by atoms with Crippen molar-refractivity contribution >= 4 is 14.0 Å². The first kappa shape index (κ1) is 20.2. The van der Waals surface area contributed by atoms with Crippen molar-refractivity contribution < 1.29 is 9.26 Å². The summed E-state index contributed by atoms with van der Waals surface area (Å²) in [4.78, 5) is 0. The molecule has 1 atom stereocenters. The Hall–Kier alpha value is -2.56. The standard InChI is InChI=1S/C24H29NO2Si/c1-26-23-17-15-21(16-18-23)24(19-20-11-7-5-8-12-20)25(27-28(2,3)4)22-13-9-6-10-14-22/h5-18,24H,19H2,1-4H3. The maximum absolute atomic E-state index is 6.61. The largest absolute Gasteiger partial charge is 0.497 e. The Labute approximate surface area is 169 Å². The van der Waals surface area contributed by atoms with Crippen LogP contribution in [0.25, 0.3) is 0 Å². The molecule has 3 rings (SSSR count). The summed E-state index contributed by atoms with van der Waals surface area (Å²) in [6.45, 7) is 6.66. The number of para-hydroxylation sites is 1. The van der Waals surface area contributed by atoms with Gasteiger partial charge in [0, 0.05) is 0 Å². The van der Waals surface area contributed by atoms with E-state index >= 15 is 0 Å². The summed E-state index contributed by atoms with van der Waals surface area (Å²) in [5, 5.41) is 2.11. The van der Waals surface area contributed by atoms with E-state index < -0.39 is 8.32 Å². The zero-order chi connectivity index (χ0) is 20.0. The van der Waals surface area contributed by atoms with Crippen molar-refractivity contribution in [1.82, 2.24) is 0 Å². The predicted octanol–water partition coefficient (Wildman–Crippen LogP) is 6.25. The maximum Gasteiger partial charge on any atom is 0.220 e. The third-order valence-corrected chi connectivity index (χ3v) is 5.18. The van der Waals surface area contributed by atoms with Gasteiger partial charge in [-0.05, 0) is 61.5 Å². The molecule has 28 heavy (non-hydrogen) atoms. The second-order valence-electron chi connectivity index (χ2n) is 7.84. The van der Waals surface area contributed by atoms with Crippen molar-refractivity contribution in [3.8, 4) is 5.75 Å². The number of hydrogen-bond donors (Lipinski definition) is 0. The molecule has 4 heteroatoms. The van der Waals surface area contributed by atoms with E-state index in [4.69, 9.17) is 9.26 Å². The second-order valence-corrected chi connectivity index (χ2v) is 12.3. The summed E-state index contributed by atoms with van der Waals surface area (Å²) in [6, 6.07) is 29.3. The molecule has 3 aromatic rings. The fourth-order valence-corrected chi connectivity index (χ4v) is 3.99. The minimum atomic E-state index is -1.83.